The second-order valence-electron chi connectivity index (χ2n) is 14.4. The van der Waals surface area contributed by atoms with Gasteiger partial charge in [-0.3, -0.25) is 4.57 Å². The number of para-hydroxylation sites is 3. The average molecular weight is 715 g/mol. The van der Waals surface area contributed by atoms with Crippen molar-refractivity contribution in [3.63, 3.8) is 0 Å². The van der Waals surface area contributed by atoms with Crippen molar-refractivity contribution in [1.82, 2.24) is 9.55 Å². The molecule has 0 N–H and O–H groups in total. The zero-order chi connectivity index (χ0) is 37.6. The predicted octanol–water partition coefficient (Wildman–Crippen LogP) is 14.7. The van der Waals surface area contributed by atoms with Gasteiger partial charge in [-0.05, 0) is 114 Å². The summed E-state index contributed by atoms with van der Waals surface area (Å²) in [5, 5.41) is 7.44. The fourth-order valence-electron chi connectivity index (χ4n) is 8.53. The van der Waals surface area contributed by atoms with Crippen LogP contribution in [0.2, 0.25) is 0 Å². The first kappa shape index (κ1) is 33.3. The monoisotopic (exact) mass is 714 g/mol. The topological polar surface area (TPSA) is 17.8 Å². The minimum Gasteiger partial charge on any atom is -0.292 e. The van der Waals surface area contributed by atoms with Crippen LogP contribution in [-0.4, -0.2) is 9.55 Å². The van der Waals surface area contributed by atoms with Crippen molar-refractivity contribution >= 4 is 49.4 Å². The minimum atomic E-state index is 0.928. The van der Waals surface area contributed by atoms with Crippen LogP contribution in [0.15, 0.2) is 201 Å². The molecule has 0 aliphatic carbocycles. The number of aromatic nitrogens is 2. The van der Waals surface area contributed by atoms with Gasteiger partial charge >= 0.3 is 0 Å². The molecule has 0 aliphatic rings. The highest BCUT2D eigenvalue weighted by Gasteiger charge is 2.21. The largest absolute Gasteiger partial charge is 0.292 e. The maximum atomic E-state index is 5.12. The highest BCUT2D eigenvalue weighted by molar-refractivity contribution is 6.24. The Morgan fingerprint density at radius 1 is 0.500 bits per heavy atom. The van der Waals surface area contributed by atoms with Gasteiger partial charge in [0.2, 0.25) is 0 Å². The van der Waals surface area contributed by atoms with E-state index in [9.17, 15) is 0 Å². The lowest BCUT2D eigenvalue weighted by atomic mass is 9.82. The Labute approximate surface area is 327 Å². The van der Waals surface area contributed by atoms with Gasteiger partial charge in [-0.25, -0.2) is 4.98 Å². The van der Waals surface area contributed by atoms with Gasteiger partial charge in [-0.1, -0.05) is 176 Å². The summed E-state index contributed by atoms with van der Waals surface area (Å²) in [7, 11) is 0. The first-order chi connectivity index (χ1) is 27.7. The average Bonchev–Trinajstić information content (AvgIpc) is 3.65. The molecule has 10 rings (SSSR count). The van der Waals surface area contributed by atoms with E-state index in [0.29, 0.717) is 0 Å². The highest BCUT2D eigenvalue weighted by atomic mass is 15.1. The third kappa shape index (κ3) is 5.54. The second-order valence-corrected chi connectivity index (χ2v) is 14.4. The molecular weight excluding hydrogens is 677 g/mol. The number of nitrogens with zero attached hydrogens (tertiary/aromatic N) is 2. The summed E-state index contributed by atoms with van der Waals surface area (Å²) in [5.41, 5.74) is 14.0. The van der Waals surface area contributed by atoms with Gasteiger partial charge in [-0.2, -0.15) is 0 Å². The lowest BCUT2D eigenvalue weighted by Gasteiger charge is -2.21. The maximum Gasteiger partial charge on any atom is 0.145 e. The summed E-state index contributed by atoms with van der Waals surface area (Å²) >= 11 is 0. The van der Waals surface area contributed by atoms with Crippen molar-refractivity contribution in [2.24, 2.45) is 0 Å². The van der Waals surface area contributed by atoms with Crippen molar-refractivity contribution in [2.75, 3.05) is 0 Å². The van der Waals surface area contributed by atoms with Gasteiger partial charge < -0.3 is 0 Å². The van der Waals surface area contributed by atoms with E-state index in [1.54, 1.807) is 0 Å². The van der Waals surface area contributed by atoms with E-state index in [1.807, 2.05) is 12.2 Å². The van der Waals surface area contributed by atoms with E-state index in [2.05, 4.69) is 206 Å². The molecule has 1 heterocycles. The van der Waals surface area contributed by atoms with Gasteiger partial charge in [0.1, 0.15) is 5.82 Å². The standard InChI is InChI=1S/C54H38N2/c1-3-4-16-37-18-14-25-43(36(37)2)52-46-23-10-11-24-47(46)53(45-26-15-19-39-17-8-9-22-44(39)45)48-34-33-41(35-49(48)52)38-29-31-40(32-30-38)54-55-50-27-12-13-28-51(50)56(54)42-20-6-5-7-21-42/h3-35H,1H2,2H3/b16-4-. The van der Waals surface area contributed by atoms with Crippen LogP contribution in [0.5, 0.6) is 0 Å². The van der Waals surface area contributed by atoms with Gasteiger partial charge in [0.05, 0.1) is 11.0 Å². The van der Waals surface area contributed by atoms with Crippen LogP contribution < -0.4 is 0 Å². The first-order valence-electron chi connectivity index (χ1n) is 19.2. The van der Waals surface area contributed by atoms with Gasteiger partial charge in [0.15, 0.2) is 0 Å². The molecule has 0 aliphatic heterocycles. The predicted molar refractivity (Wildman–Crippen MR) is 239 cm³/mol. The first-order valence-corrected chi connectivity index (χ1v) is 19.2. The number of benzene rings is 9. The molecule has 10 aromatic rings. The Balaban J connectivity index is 1.21. The molecular formula is C54H38N2. The highest BCUT2D eigenvalue weighted by Crippen LogP contribution is 2.47. The lowest BCUT2D eigenvalue weighted by Crippen LogP contribution is -1.97. The van der Waals surface area contributed by atoms with Crippen LogP contribution in [0, 0.1) is 6.92 Å². The van der Waals surface area contributed by atoms with Crippen molar-refractivity contribution in [2.45, 2.75) is 6.92 Å². The van der Waals surface area contributed by atoms with Crippen LogP contribution in [0.3, 0.4) is 0 Å². The summed E-state index contributed by atoms with van der Waals surface area (Å²) in [6.45, 7) is 6.16. The van der Waals surface area contributed by atoms with E-state index in [0.717, 1.165) is 33.7 Å². The smallest absolute Gasteiger partial charge is 0.145 e. The quantitative estimate of drug-likeness (QED) is 0.119. The SMILES string of the molecule is C=C/C=C\c1cccc(-c2c3ccccc3c(-c3cccc4ccccc34)c3ccc(-c4ccc(-c5nc6ccccc6n5-c5ccccc5)cc4)cc23)c1C. The number of fused-ring (bicyclic) bond motifs is 4. The molecule has 1 aromatic heterocycles. The fourth-order valence-corrected chi connectivity index (χ4v) is 8.53. The Hall–Kier alpha value is -7.29. The van der Waals surface area contributed by atoms with Gasteiger partial charge in [0.25, 0.3) is 0 Å². The molecule has 264 valence electrons. The molecule has 0 bridgehead atoms. The molecule has 0 saturated heterocycles. The fraction of sp³-hybridized carbons (Fsp3) is 0.0185. The second kappa shape index (κ2) is 13.8. The van der Waals surface area contributed by atoms with Crippen LogP contribution in [0.4, 0.5) is 0 Å². The zero-order valence-electron chi connectivity index (χ0n) is 31.2. The molecule has 56 heavy (non-hydrogen) atoms. The normalized spacial score (nSPS) is 11.7. The zero-order valence-corrected chi connectivity index (χ0v) is 31.2. The molecule has 9 aromatic carbocycles. The Bertz CT molecular complexity index is 3140. The van der Waals surface area contributed by atoms with Crippen LogP contribution >= 0.6 is 0 Å². The third-order valence-electron chi connectivity index (χ3n) is 11.2. The van der Waals surface area contributed by atoms with Crippen molar-refractivity contribution < 1.29 is 0 Å². The summed E-state index contributed by atoms with van der Waals surface area (Å²) in [4.78, 5) is 5.12. The summed E-state index contributed by atoms with van der Waals surface area (Å²) in [5.74, 6) is 0.928. The molecule has 0 atom stereocenters. The van der Waals surface area contributed by atoms with Gasteiger partial charge in [0, 0.05) is 11.3 Å². The van der Waals surface area contributed by atoms with Crippen LogP contribution in [0.25, 0.3) is 99.9 Å². The summed E-state index contributed by atoms with van der Waals surface area (Å²) < 4.78 is 2.26. The lowest BCUT2D eigenvalue weighted by molar-refractivity contribution is 1.10. The van der Waals surface area contributed by atoms with E-state index >= 15 is 0 Å². The Morgan fingerprint density at radius 2 is 1.11 bits per heavy atom. The minimum absolute atomic E-state index is 0.928. The molecule has 0 amide bonds. The number of hydrogen-bond donors (Lipinski definition) is 0. The van der Waals surface area contributed by atoms with Gasteiger partial charge in [-0.15, -0.1) is 0 Å². The van der Waals surface area contributed by atoms with E-state index in [1.165, 1.54) is 71.3 Å². The molecule has 0 saturated carbocycles. The molecule has 0 unspecified atom stereocenters. The number of rotatable bonds is 7. The number of imidazole rings is 1. The number of hydrogen-bond acceptors (Lipinski definition) is 1. The Morgan fingerprint density at radius 3 is 1.91 bits per heavy atom. The van der Waals surface area contributed by atoms with E-state index < -0.39 is 0 Å². The summed E-state index contributed by atoms with van der Waals surface area (Å²) in [6.07, 6.45) is 6.01. The van der Waals surface area contributed by atoms with Crippen molar-refractivity contribution in [3.8, 4) is 50.5 Å². The maximum absolute atomic E-state index is 5.12. The molecule has 0 fully saturated rings. The molecule has 0 spiro atoms. The Kier molecular flexibility index (Phi) is 8.23. The molecule has 2 heteroatoms. The van der Waals surface area contributed by atoms with Crippen molar-refractivity contribution in [1.29, 1.82) is 0 Å². The van der Waals surface area contributed by atoms with Crippen LogP contribution in [-0.2, 0) is 0 Å². The summed E-state index contributed by atoms with van der Waals surface area (Å²) in [6, 6.07) is 65.8. The van der Waals surface area contributed by atoms with E-state index in [4.69, 9.17) is 4.98 Å². The van der Waals surface area contributed by atoms with E-state index in [-0.39, 0.29) is 0 Å². The number of allylic oxidation sites excluding steroid dienone is 2. The third-order valence-corrected chi connectivity index (χ3v) is 11.2. The van der Waals surface area contributed by atoms with Crippen LogP contribution in [0.1, 0.15) is 11.1 Å². The molecule has 2 nitrogen and oxygen atoms in total. The van der Waals surface area contributed by atoms with Crippen molar-refractivity contribution in [3.05, 3.63) is 212 Å². The molecule has 0 radical (unpaired) electrons.